The van der Waals surface area contributed by atoms with Crippen LogP contribution in [0, 0.1) is 11.8 Å². The summed E-state index contributed by atoms with van der Waals surface area (Å²) < 4.78 is 0.799. The Bertz CT molecular complexity index is 788. The average Bonchev–Trinajstić information content (AvgIpc) is 2.69. The van der Waals surface area contributed by atoms with E-state index >= 15 is 0 Å². The smallest absolute Gasteiger partial charge is 0.125 e. The molecule has 4 nitrogen and oxygen atoms in total. The van der Waals surface area contributed by atoms with Crippen LogP contribution in [0.5, 0.6) is 0 Å². The first kappa shape index (κ1) is 18.9. The molecule has 4 rings (SSSR count). The fourth-order valence-electron chi connectivity index (χ4n) is 4.53. The van der Waals surface area contributed by atoms with Gasteiger partial charge in [-0.15, -0.1) is 0 Å². The fraction of sp³-hybridized carbons (Fsp3) is 0.545. The maximum Gasteiger partial charge on any atom is 0.125 e. The molecular weight excluding hydrogens is 400 g/mol. The predicted molar refractivity (Wildman–Crippen MR) is 114 cm³/mol. The predicted octanol–water partition coefficient (Wildman–Crippen LogP) is 4.48. The molecule has 1 saturated heterocycles. The van der Waals surface area contributed by atoms with Crippen molar-refractivity contribution in [2.45, 2.75) is 45.4 Å². The van der Waals surface area contributed by atoms with Gasteiger partial charge in [0.2, 0.25) is 0 Å². The molecule has 144 valence electrons. The summed E-state index contributed by atoms with van der Waals surface area (Å²) in [7, 11) is 0. The van der Waals surface area contributed by atoms with Gasteiger partial charge in [0.15, 0.2) is 0 Å². The number of piperidine rings is 1. The number of aromatic nitrogens is 2. The van der Waals surface area contributed by atoms with Crippen LogP contribution in [0.3, 0.4) is 0 Å². The van der Waals surface area contributed by atoms with Crippen LogP contribution < -0.4 is 5.73 Å². The van der Waals surface area contributed by atoms with Gasteiger partial charge >= 0.3 is 0 Å². The van der Waals surface area contributed by atoms with E-state index in [1.165, 1.54) is 42.8 Å². The molecule has 2 aliphatic carbocycles. The number of rotatable bonds is 4. The summed E-state index contributed by atoms with van der Waals surface area (Å²) in [5.74, 6) is 1.33. The van der Waals surface area contributed by atoms with E-state index in [0.717, 1.165) is 47.6 Å². The van der Waals surface area contributed by atoms with Crippen molar-refractivity contribution >= 4 is 22.0 Å². The lowest BCUT2D eigenvalue weighted by atomic mass is 9.79. The molecule has 27 heavy (non-hydrogen) atoms. The third-order valence-corrected chi connectivity index (χ3v) is 6.61. The van der Waals surface area contributed by atoms with E-state index in [-0.39, 0.29) is 0 Å². The van der Waals surface area contributed by atoms with E-state index in [9.17, 15) is 0 Å². The number of halogens is 1. The lowest BCUT2D eigenvalue weighted by Crippen LogP contribution is -2.32. The molecule has 1 aromatic rings. The molecule has 3 aliphatic rings. The Morgan fingerprint density at radius 1 is 1.22 bits per heavy atom. The zero-order valence-corrected chi connectivity index (χ0v) is 17.7. The van der Waals surface area contributed by atoms with Gasteiger partial charge < -0.3 is 10.6 Å². The van der Waals surface area contributed by atoms with Gasteiger partial charge in [-0.05, 0) is 96.1 Å². The lowest BCUT2D eigenvalue weighted by Gasteiger charge is -2.36. The van der Waals surface area contributed by atoms with Crippen molar-refractivity contribution < 1.29 is 0 Å². The zero-order chi connectivity index (χ0) is 18.8. The van der Waals surface area contributed by atoms with Crippen LogP contribution >= 0.6 is 15.9 Å². The maximum absolute atomic E-state index is 5.92. The first-order valence-corrected chi connectivity index (χ1v) is 11.0. The zero-order valence-electron chi connectivity index (χ0n) is 16.1. The third kappa shape index (κ3) is 4.19. The fourth-order valence-corrected chi connectivity index (χ4v) is 4.82. The number of likely N-dealkylation sites (tertiary alicyclic amines) is 1. The van der Waals surface area contributed by atoms with Crippen LogP contribution in [-0.2, 0) is 6.42 Å². The highest BCUT2D eigenvalue weighted by Crippen LogP contribution is 2.38. The van der Waals surface area contributed by atoms with E-state index in [1.807, 2.05) is 0 Å². The van der Waals surface area contributed by atoms with Gasteiger partial charge in [0.05, 0.1) is 17.6 Å². The number of hydrogen-bond acceptors (Lipinski definition) is 4. The summed E-state index contributed by atoms with van der Waals surface area (Å²) in [5.41, 5.74) is 12.4. The van der Waals surface area contributed by atoms with Crippen molar-refractivity contribution in [2.24, 2.45) is 17.6 Å². The van der Waals surface area contributed by atoms with Gasteiger partial charge in [0.1, 0.15) is 4.60 Å². The molecule has 0 radical (unpaired) electrons. The largest absolute Gasteiger partial charge is 0.375 e. The minimum Gasteiger partial charge on any atom is -0.375 e. The number of allylic oxidation sites excluding steroid dienone is 5. The molecule has 0 spiro atoms. The van der Waals surface area contributed by atoms with Crippen LogP contribution in [0.15, 0.2) is 39.8 Å². The molecule has 5 heteroatoms. The summed E-state index contributed by atoms with van der Waals surface area (Å²) in [6.07, 6.45) is 15.6. The summed E-state index contributed by atoms with van der Waals surface area (Å²) in [5, 5.41) is 0. The minimum atomic E-state index is 0.454. The molecule has 1 aromatic heterocycles. The molecular formula is C22H29BrN4. The minimum absolute atomic E-state index is 0.454. The van der Waals surface area contributed by atoms with Crippen molar-refractivity contribution in [2.75, 3.05) is 19.6 Å². The van der Waals surface area contributed by atoms with Crippen LogP contribution in [0.2, 0.25) is 0 Å². The van der Waals surface area contributed by atoms with Gasteiger partial charge in [-0.2, -0.15) is 0 Å². The van der Waals surface area contributed by atoms with Crippen molar-refractivity contribution in [3.05, 3.63) is 51.2 Å². The number of hydrogen-bond donors (Lipinski definition) is 1. The Morgan fingerprint density at radius 2 is 2.04 bits per heavy atom. The Labute approximate surface area is 170 Å². The monoisotopic (exact) mass is 428 g/mol. The van der Waals surface area contributed by atoms with Crippen molar-refractivity contribution in [1.82, 2.24) is 14.9 Å². The number of nitrogens with two attached hydrogens (primary N) is 1. The van der Waals surface area contributed by atoms with E-state index in [2.05, 4.69) is 55.9 Å². The lowest BCUT2D eigenvalue weighted by molar-refractivity contribution is 0.230. The summed E-state index contributed by atoms with van der Waals surface area (Å²) in [6, 6.07) is 0. The Morgan fingerprint density at radius 3 is 2.74 bits per heavy atom. The van der Waals surface area contributed by atoms with Crippen LogP contribution in [-0.4, -0.2) is 34.5 Å². The molecule has 1 aliphatic heterocycles. The summed E-state index contributed by atoms with van der Waals surface area (Å²) in [6.45, 7) is 5.51. The van der Waals surface area contributed by atoms with Gasteiger partial charge in [0, 0.05) is 18.8 Å². The van der Waals surface area contributed by atoms with Crippen molar-refractivity contribution in [1.29, 1.82) is 0 Å². The first-order chi connectivity index (χ1) is 13.1. The second-order valence-electron chi connectivity index (χ2n) is 8.12. The topological polar surface area (TPSA) is 55.0 Å². The molecule has 2 heterocycles. The highest BCUT2D eigenvalue weighted by molar-refractivity contribution is 9.10. The third-order valence-electron chi connectivity index (χ3n) is 6.22. The maximum atomic E-state index is 5.92. The molecule has 1 unspecified atom stereocenters. The summed E-state index contributed by atoms with van der Waals surface area (Å²) in [4.78, 5) is 11.8. The van der Waals surface area contributed by atoms with Crippen molar-refractivity contribution in [3.63, 3.8) is 0 Å². The van der Waals surface area contributed by atoms with E-state index in [0.29, 0.717) is 12.5 Å². The Kier molecular flexibility index (Phi) is 5.79. The van der Waals surface area contributed by atoms with Crippen molar-refractivity contribution in [3.8, 4) is 0 Å². The number of fused-ring (bicyclic) bond motifs is 1. The standard InChI is InChI=1S/C22H29BrN4/c1-15-7-10-27(11-8-15)18-4-2-16(3-5-18)19-13-21-20(12-17(19)6-9-24)25-14-22(23)26-21/h2,4,13-15,17H,3,5-12,24H2,1H3. The van der Waals surface area contributed by atoms with Crippen LogP contribution in [0.25, 0.3) is 6.08 Å². The molecule has 0 bridgehead atoms. The summed E-state index contributed by atoms with van der Waals surface area (Å²) >= 11 is 3.46. The highest BCUT2D eigenvalue weighted by Gasteiger charge is 2.27. The molecule has 1 fully saturated rings. The Hall–Kier alpha value is -1.46. The molecule has 2 N–H and O–H groups in total. The van der Waals surface area contributed by atoms with E-state index < -0.39 is 0 Å². The van der Waals surface area contributed by atoms with Crippen LogP contribution in [0.4, 0.5) is 0 Å². The molecule has 0 amide bonds. The van der Waals surface area contributed by atoms with Crippen LogP contribution in [0.1, 0.15) is 50.4 Å². The normalized spacial score (nSPS) is 23.4. The van der Waals surface area contributed by atoms with E-state index in [4.69, 9.17) is 5.73 Å². The van der Waals surface area contributed by atoms with Gasteiger partial charge in [-0.25, -0.2) is 4.98 Å². The average molecular weight is 429 g/mol. The number of nitrogens with zero attached hydrogens (tertiary/aromatic N) is 3. The molecule has 0 saturated carbocycles. The van der Waals surface area contributed by atoms with Gasteiger partial charge in [-0.3, -0.25) is 4.98 Å². The quantitative estimate of drug-likeness (QED) is 0.767. The first-order valence-electron chi connectivity index (χ1n) is 10.2. The molecule has 1 atom stereocenters. The second kappa shape index (κ2) is 8.27. The highest BCUT2D eigenvalue weighted by atomic mass is 79.9. The van der Waals surface area contributed by atoms with E-state index in [1.54, 1.807) is 6.20 Å². The van der Waals surface area contributed by atoms with Gasteiger partial charge in [-0.1, -0.05) is 13.0 Å². The SMILES string of the molecule is CC1CCN(C2=CC=C(C3=Cc4nc(Br)cnc4CC3CCN)CC2)CC1. The second-order valence-corrected chi connectivity index (χ2v) is 8.93. The molecule has 0 aromatic carbocycles. The van der Waals surface area contributed by atoms with Gasteiger partial charge in [0.25, 0.3) is 0 Å². The Balaban J connectivity index is 1.59.